The van der Waals surface area contributed by atoms with Crippen LogP contribution >= 0.6 is 6.04 Å². The number of rotatable bonds is 3. The molecule has 0 bridgehead atoms. The molecule has 0 aliphatic carbocycles. The molecule has 0 aromatic heterocycles. The Bertz CT molecular complexity index is 898. The van der Waals surface area contributed by atoms with Crippen molar-refractivity contribution in [3.63, 3.8) is 0 Å². The van der Waals surface area contributed by atoms with E-state index >= 15 is 0 Å². The SMILES string of the molecule is Cc1ccc(P(=S)(c2ccc(C)c(C)c2)c2ccc(C)c(C)c2)cc1C. The molecule has 0 nitrogen and oxygen atoms in total. The number of hydrogen-bond donors (Lipinski definition) is 0. The van der Waals surface area contributed by atoms with E-state index in [0.717, 1.165) is 0 Å². The van der Waals surface area contributed by atoms with Crippen LogP contribution < -0.4 is 15.9 Å². The van der Waals surface area contributed by atoms with Crippen molar-refractivity contribution in [3.8, 4) is 0 Å². The zero-order chi connectivity index (χ0) is 19.1. The van der Waals surface area contributed by atoms with Gasteiger partial charge in [-0.05, 0) is 109 Å². The van der Waals surface area contributed by atoms with Gasteiger partial charge in [-0.1, -0.05) is 48.2 Å². The first kappa shape index (κ1) is 19.1. The summed E-state index contributed by atoms with van der Waals surface area (Å²) < 4.78 is 0. The van der Waals surface area contributed by atoms with Crippen LogP contribution in [0, 0.1) is 41.5 Å². The molecule has 0 spiro atoms. The predicted molar refractivity (Wildman–Crippen MR) is 121 cm³/mol. The van der Waals surface area contributed by atoms with E-state index in [9.17, 15) is 0 Å². The van der Waals surface area contributed by atoms with Gasteiger partial charge in [-0.25, -0.2) is 0 Å². The summed E-state index contributed by atoms with van der Waals surface area (Å²) in [7, 11) is 0. The van der Waals surface area contributed by atoms with Gasteiger partial charge in [0.2, 0.25) is 0 Å². The molecule has 0 fully saturated rings. The lowest BCUT2D eigenvalue weighted by Gasteiger charge is -2.26. The van der Waals surface area contributed by atoms with Crippen molar-refractivity contribution in [2.24, 2.45) is 0 Å². The van der Waals surface area contributed by atoms with E-state index in [0.29, 0.717) is 0 Å². The van der Waals surface area contributed by atoms with Crippen molar-refractivity contribution in [1.82, 2.24) is 0 Å². The molecule has 0 saturated carbocycles. The van der Waals surface area contributed by atoms with Gasteiger partial charge in [0.15, 0.2) is 0 Å². The number of hydrogen-bond acceptors (Lipinski definition) is 1. The third-order valence-corrected chi connectivity index (χ3v) is 10.5. The molecule has 3 aromatic rings. The maximum absolute atomic E-state index is 6.52. The number of aryl methyl sites for hydroxylation is 6. The summed E-state index contributed by atoms with van der Waals surface area (Å²) in [4.78, 5) is 0. The lowest BCUT2D eigenvalue weighted by atomic mass is 10.1. The third-order valence-electron chi connectivity index (χ3n) is 5.56. The molecule has 3 rings (SSSR count). The summed E-state index contributed by atoms with van der Waals surface area (Å²) in [6, 6.07) is 18.2. The van der Waals surface area contributed by atoms with Gasteiger partial charge in [0, 0.05) is 6.04 Å². The van der Waals surface area contributed by atoms with Gasteiger partial charge in [0.1, 0.15) is 0 Å². The van der Waals surface area contributed by atoms with E-state index in [2.05, 4.69) is 96.1 Å². The van der Waals surface area contributed by atoms with Gasteiger partial charge in [0.25, 0.3) is 0 Å². The molecule has 0 heterocycles. The molecular formula is C24H27PS. The van der Waals surface area contributed by atoms with E-state index in [1.54, 1.807) is 0 Å². The van der Waals surface area contributed by atoms with Crippen LogP contribution in [0.3, 0.4) is 0 Å². The van der Waals surface area contributed by atoms with Crippen LogP contribution in [0.1, 0.15) is 33.4 Å². The second kappa shape index (κ2) is 7.14. The van der Waals surface area contributed by atoms with Crippen molar-refractivity contribution in [2.75, 3.05) is 0 Å². The van der Waals surface area contributed by atoms with Gasteiger partial charge >= 0.3 is 0 Å². The predicted octanol–water partition coefficient (Wildman–Crippen LogP) is 5.29. The van der Waals surface area contributed by atoms with Crippen LogP contribution in [0.25, 0.3) is 0 Å². The van der Waals surface area contributed by atoms with Crippen molar-refractivity contribution in [1.29, 1.82) is 0 Å². The Hall–Kier alpha value is -1.69. The maximum atomic E-state index is 6.52. The normalized spacial score (nSPS) is 11.6. The van der Waals surface area contributed by atoms with Crippen molar-refractivity contribution < 1.29 is 0 Å². The number of benzene rings is 3. The molecule has 0 N–H and O–H groups in total. The molecular weight excluding hydrogens is 351 g/mol. The summed E-state index contributed by atoms with van der Waals surface area (Å²) in [5.41, 5.74) is 7.87. The first-order chi connectivity index (χ1) is 12.2. The quantitative estimate of drug-likeness (QED) is 0.558. The highest BCUT2D eigenvalue weighted by molar-refractivity contribution is 8.25. The van der Waals surface area contributed by atoms with E-state index < -0.39 is 6.04 Å². The average molecular weight is 379 g/mol. The van der Waals surface area contributed by atoms with Crippen molar-refractivity contribution in [2.45, 2.75) is 41.5 Å². The first-order valence-electron chi connectivity index (χ1n) is 9.07. The Morgan fingerprint density at radius 2 is 0.731 bits per heavy atom. The third kappa shape index (κ3) is 3.31. The molecule has 0 aliphatic rings. The second-order valence-corrected chi connectivity index (χ2v) is 11.8. The molecule has 26 heavy (non-hydrogen) atoms. The highest BCUT2D eigenvalue weighted by atomic mass is 32.4. The lowest BCUT2D eigenvalue weighted by molar-refractivity contribution is 1.35. The summed E-state index contributed by atoms with van der Waals surface area (Å²) >= 11 is 6.52. The van der Waals surface area contributed by atoms with E-state index in [1.165, 1.54) is 49.3 Å². The Kier molecular flexibility index (Phi) is 5.24. The largest absolute Gasteiger partial charge is 0.0826 e. The average Bonchev–Trinajstić information content (AvgIpc) is 2.61. The lowest BCUT2D eigenvalue weighted by Crippen LogP contribution is -2.26. The monoisotopic (exact) mass is 378 g/mol. The van der Waals surface area contributed by atoms with E-state index in [4.69, 9.17) is 11.8 Å². The summed E-state index contributed by atoms with van der Waals surface area (Å²) in [6.07, 6.45) is 0. The van der Waals surface area contributed by atoms with Gasteiger partial charge in [-0.15, -0.1) is 0 Å². The minimum atomic E-state index is -2.08. The zero-order valence-corrected chi connectivity index (χ0v) is 18.3. The van der Waals surface area contributed by atoms with Crippen LogP contribution in [0.4, 0.5) is 0 Å². The van der Waals surface area contributed by atoms with E-state index in [1.807, 2.05) is 0 Å². The Labute approximate surface area is 163 Å². The zero-order valence-electron chi connectivity index (χ0n) is 16.6. The fourth-order valence-electron chi connectivity index (χ4n) is 3.21. The molecule has 0 amide bonds. The smallest absolute Gasteiger partial charge is 0.0379 e. The second-order valence-electron chi connectivity index (χ2n) is 7.41. The minimum absolute atomic E-state index is 1.28. The molecule has 0 saturated heterocycles. The van der Waals surface area contributed by atoms with E-state index in [-0.39, 0.29) is 0 Å². The molecule has 134 valence electrons. The summed E-state index contributed by atoms with van der Waals surface area (Å²) in [5.74, 6) is 0. The van der Waals surface area contributed by atoms with Crippen LogP contribution in [0.15, 0.2) is 54.6 Å². The highest BCUT2D eigenvalue weighted by Crippen LogP contribution is 2.43. The topological polar surface area (TPSA) is 0 Å². The molecule has 2 heteroatoms. The molecule has 3 aromatic carbocycles. The molecule has 0 atom stereocenters. The maximum Gasteiger partial charge on any atom is 0.0379 e. The summed E-state index contributed by atoms with van der Waals surface area (Å²) in [5, 5.41) is 3.84. The molecule has 0 radical (unpaired) electrons. The first-order valence-corrected chi connectivity index (χ1v) is 11.9. The van der Waals surface area contributed by atoms with Gasteiger partial charge in [0.05, 0.1) is 0 Å². The minimum Gasteiger partial charge on any atom is -0.0826 e. The Morgan fingerprint density at radius 3 is 0.962 bits per heavy atom. The Morgan fingerprint density at radius 1 is 0.462 bits per heavy atom. The van der Waals surface area contributed by atoms with Crippen LogP contribution in [0.2, 0.25) is 0 Å². The fourth-order valence-corrected chi connectivity index (χ4v) is 7.11. The van der Waals surface area contributed by atoms with Gasteiger partial charge < -0.3 is 0 Å². The standard InChI is InChI=1S/C24H27PS/c1-16-7-10-22(13-19(16)4)25(26,23-11-8-17(2)20(5)14-23)24-12-9-18(3)21(6)15-24/h7-15H,1-6H3. The molecule has 0 aliphatic heterocycles. The van der Waals surface area contributed by atoms with Crippen LogP contribution in [-0.4, -0.2) is 0 Å². The highest BCUT2D eigenvalue weighted by Gasteiger charge is 2.26. The fraction of sp³-hybridized carbons (Fsp3) is 0.250. The van der Waals surface area contributed by atoms with Gasteiger partial charge in [-0.2, -0.15) is 0 Å². The van der Waals surface area contributed by atoms with Crippen molar-refractivity contribution in [3.05, 3.63) is 88.0 Å². The summed E-state index contributed by atoms with van der Waals surface area (Å²) in [6.45, 7) is 13.0. The molecule has 0 unspecified atom stereocenters. The van der Waals surface area contributed by atoms with Crippen LogP contribution in [-0.2, 0) is 11.8 Å². The van der Waals surface area contributed by atoms with Crippen LogP contribution in [0.5, 0.6) is 0 Å². The Balaban J connectivity index is 2.33. The van der Waals surface area contributed by atoms with Crippen molar-refractivity contribution >= 4 is 33.8 Å². The van der Waals surface area contributed by atoms with Gasteiger partial charge in [-0.3, -0.25) is 0 Å².